The Bertz CT molecular complexity index is 1600. The van der Waals surface area contributed by atoms with Gasteiger partial charge in [-0.05, 0) is 36.2 Å². The van der Waals surface area contributed by atoms with Crippen LogP contribution >= 0.6 is 11.3 Å². The number of carbonyl (C=O) groups is 1. The Morgan fingerprint density at radius 1 is 1.20 bits per heavy atom. The number of fused-ring (bicyclic) bond motifs is 1. The Balaban J connectivity index is 1.21. The van der Waals surface area contributed by atoms with Crippen LogP contribution in [0.2, 0.25) is 0 Å². The van der Waals surface area contributed by atoms with Crippen LogP contribution in [0.4, 0.5) is 26.2 Å². The molecule has 5 heterocycles. The third-order valence-corrected chi connectivity index (χ3v) is 8.25. The molecule has 13 heteroatoms. The Hall–Kier alpha value is -4.12. The number of halogens is 1. The standard InChI is InChI=1S/C27H28FN9O2S/c1-4-20-26(34(3)27-32-24(25(29-2)40-27)16-5-7-17(28)8-6-16)37-21(31-20)9-10-22(33-37)35-12-18(13-35)30-11-23(39)36-14-19(38)15-36/h5-10,18-19,30,38H,4,11-15H2,1,3H3. The highest BCUT2D eigenvalue weighted by Crippen LogP contribution is 2.42. The van der Waals surface area contributed by atoms with E-state index >= 15 is 0 Å². The molecule has 1 amide bonds. The van der Waals surface area contributed by atoms with Gasteiger partial charge in [0.25, 0.3) is 5.00 Å². The van der Waals surface area contributed by atoms with Crippen LogP contribution in [0.3, 0.4) is 0 Å². The minimum absolute atomic E-state index is 0.00707. The van der Waals surface area contributed by atoms with E-state index in [1.54, 1.807) is 17.0 Å². The van der Waals surface area contributed by atoms with Gasteiger partial charge in [0.05, 0.1) is 30.6 Å². The van der Waals surface area contributed by atoms with Gasteiger partial charge in [0.2, 0.25) is 5.91 Å². The summed E-state index contributed by atoms with van der Waals surface area (Å²) in [6.07, 6.45) is 0.286. The third-order valence-electron chi connectivity index (χ3n) is 7.23. The lowest BCUT2D eigenvalue weighted by Crippen LogP contribution is -2.61. The molecule has 0 bridgehead atoms. The summed E-state index contributed by atoms with van der Waals surface area (Å²) in [5.74, 6) is 1.23. The van der Waals surface area contributed by atoms with Gasteiger partial charge >= 0.3 is 0 Å². The lowest BCUT2D eigenvalue weighted by molar-refractivity contribution is -0.140. The quantitative estimate of drug-likeness (QED) is 0.317. The minimum Gasteiger partial charge on any atom is -0.389 e. The summed E-state index contributed by atoms with van der Waals surface area (Å²) < 4.78 is 15.3. The van der Waals surface area contributed by atoms with Gasteiger partial charge in [-0.3, -0.25) is 4.79 Å². The van der Waals surface area contributed by atoms with Gasteiger partial charge in [0.15, 0.2) is 16.6 Å². The molecule has 0 radical (unpaired) electrons. The molecule has 11 nitrogen and oxygen atoms in total. The molecule has 2 aliphatic heterocycles. The number of aliphatic hydroxyl groups is 1. The summed E-state index contributed by atoms with van der Waals surface area (Å²) in [7, 11) is 1.88. The van der Waals surface area contributed by atoms with Crippen molar-refractivity contribution >= 4 is 44.7 Å². The number of β-amino-alcohol motifs (C(OH)–C–C–N with tert-alkyl or cyclic N) is 1. The van der Waals surface area contributed by atoms with Gasteiger partial charge in [0, 0.05) is 39.3 Å². The highest BCUT2D eigenvalue weighted by atomic mass is 32.1. The van der Waals surface area contributed by atoms with Crippen molar-refractivity contribution in [2.45, 2.75) is 25.5 Å². The number of anilines is 3. The molecule has 0 saturated carbocycles. The number of amides is 1. The molecule has 2 fully saturated rings. The van der Waals surface area contributed by atoms with Crippen molar-refractivity contribution in [1.29, 1.82) is 0 Å². The largest absolute Gasteiger partial charge is 0.389 e. The zero-order chi connectivity index (χ0) is 28.0. The van der Waals surface area contributed by atoms with E-state index in [-0.39, 0.29) is 24.3 Å². The molecular formula is C27H28FN9O2S. The number of thiazole rings is 1. The second-order valence-electron chi connectivity index (χ2n) is 9.96. The molecule has 0 spiro atoms. The zero-order valence-electron chi connectivity index (χ0n) is 22.1. The first-order valence-electron chi connectivity index (χ1n) is 13.1. The zero-order valence-corrected chi connectivity index (χ0v) is 22.9. The number of rotatable bonds is 8. The van der Waals surface area contributed by atoms with Crippen LogP contribution in [-0.4, -0.2) is 87.4 Å². The average Bonchev–Trinajstić information content (AvgIpc) is 3.51. The van der Waals surface area contributed by atoms with Gasteiger partial charge in [0.1, 0.15) is 11.6 Å². The van der Waals surface area contributed by atoms with Crippen molar-refractivity contribution in [3.8, 4) is 11.3 Å². The number of aliphatic hydroxyl groups excluding tert-OH is 1. The molecule has 2 aliphatic rings. The fourth-order valence-corrected chi connectivity index (χ4v) is 5.74. The van der Waals surface area contributed by atoms with Crippen molar-refractivity contribution in [2.24, 2.45) is 0 Å². The van der Waals surface area contributed by atoms with Crippen LogP contribution in [0.15, 0.2) is 36.4 Å². The van der Waals surface area contributed by atoms with Gasteiger partial charge in [-0.1, -0.05) is 19.1 Å². The maximum absolute atomic E-state index is 13.5. The Labute approximate surface area is 234 Å². The molecule has 206 valence electrons. The fourth-order valence-electron chi connectivity index (χ4n) is 4.90. The average molecular weight is 562 g/mol. The third kappa shape index (κ3) is 4.74. The lowest BCUT2D eigenvalue weighted by atomic mass is 10.1. The van der Waals surface area contributed by atoms with Crippen molar-refractivity contribution < 1.29 is 14.3 Å². The molecule has 1 aromatic carbocycles. The Morgan fingerprint density at radius 3 is 2.62 bits per heavy atom. The summed E-state index contributed by atoms with van der Waals surface area (Å²) >= 11 is 1.27. The monoisotopic (exact) mass is 561 g/mol. The topological polar surface area (TPSA) is 106 Å². The number of nitrogens with one attached hydrogen (secondary N) is 1. The number of hydrogen-bond acceptors (Lipinski definition) is 9. The number of aryl methyl sites for hydroxylation is 1. The van der Waals surface area contributed by atoms with Gasteiger partial charge in [-0.25, -0.2) is 19.2 Å². The molecule has 0 aliphatic carbocycles. The molecule has 3 aromatic heterocycles. The van der Waals surface area contributed by atoms with Crippen LogP contribution in [0.25, 0.3) is 21.7 Å². The molecule has 0 atom stereocenters. The molecule has 2 saturated heterocycles. The first-order valence-corrected chi connectivity index (χ1v) is 13.9. The van der Waals surface area contributed by atoms with Crippen molar-refractivity contribution in [2.75, 3.05) is 49.6 Å². The number of aromatic nitrogens is 4. The smallest absolute Gasteiger partial charge is 0.270 e. The van der Waals surface area contributed by atoms with E-state index in [1.807, 2.05) is 35.5 Å². The normalized spacial score (nSPS) is 15.7. The SMILES string of the molecule is [C-]#[N+]c1sc(N(C)c2c(CC)nc3ccc(N4CC(NCC(=O)N5CC(O)C5)C4)nn23)nc1-c1ccc(F)cc1. The predicted octanol–water partition coefficient (Wildman–Crippen LogP) is 2.85. The first-order chi connectivity index (χ1) is 19.3. The summed E-state index contributed by atoms with van der Waals surface area (Å²) in [4.78, 5) is 31.1. The van der Waals surface area contributed by atoms with Crippen LogP contribution in [-0.2, 0) is 11.2 Å². The second kappa shape index (κ2) is 10.5. The maximum Gasteiger partial charge on any atom is 0.270 e. The van der Waals surface area contributed by atoms with E-state index in [4.69, 9.17) is 21.6 Å². The number of carbonyl (C=O) groups excluding carboxylic acids is 1. The summed E-state index contributed by atoms with van der Waals surface area (Å²) in [6.45, 7) is 12.2. The second-order valence-corrected chi connectivity index (χ2v) is 10.9. The van der Waals surface area contributed by atoms with E-state index in [0.29, 0.717) is 46.5 Å². The maximum atomic E-state index is 13.5. The molecule has 4 aromatic rings. The van der Waals surface area contributed by atoms with Crippen molar-refractivity contribution in [1.82, 2.24) is 29.8 Å². The van der Waals surface area contributed by atoms with E-state index in [1.165, 1.54) is 23.5 Å². The van der Waals surface area contributed by atoms with E-state index in [0.717, 1.165) is 30.4 Å². The minimum atomic E-state index is -0.397. The number of likely N-dealkylation sites (tertiary alicyclic amines) is 1. The number of nitrogens with zero attached hydrogens (tertiary/aromatic N) is 8. The molecular weight excluding hydrogens is 533 g/mol. The van der Waals surface area contributed by atoms with Crippen LogP contribution in [0, 0.1) is 12.4 Å². The predicted molar refractivity (Wildman–Crippen MR) is 151 cm³/mol. The van der Waals surface area contributed by atoms with Crippen LogP contribution in [0.5, 0.6) is 0 Å². The number of benzene rings is 1. The highest BCUT2D eigenvalue weighted by molar-refractivity contribution is 7.20. The van der Waals surface area contributed by atoms with Gasteiger partial charge < -0.3 is 25.1 Å². The van der Waals surface area contributed by atoms with E-state index in [2.05, 4.69) is 15.1 Å². The van der Waals surface area contributed by atoms with Crippen LogP contribution in [0.1, 0.15) is 12.6 Å². The molecule has 6 rings (SSSR count). The van der Waals surface area contributed by atoms with Crippen LogP contribution < -0.4 is 15.1 Å². The van der Waals surface area contributed by atoms with E-state index in [9.17, 15) is 14.3 Å². The van der Waals surface area contributed by atoms with Gasteiger partial charge in [-0.15, -0.1) is 16.4 Å². The number of imidazole rings is 1. The van der Waals surface area contributed by atoms with Crippen molar-refractivity contribution in [3.63, 3.8) is 0 Å². The number of hydrogen-bond donors (Lipinski definition) is 2. The first kappa shape index (κ1) is 26.1. The van der Waals surface area contributed by atoms with Crippen molar-refractivity contribution in [3.05, 3.63) is 59.3 Å². The molecule has 40 heavy (non-hydrogen) atoms. The summed E-state index contributed by atoms with van der Waals surface area (Å²) in [6, 6.07) is 10.0. The molecule has 0 unspecified atom stereocenters. The summed E-state index contributed by atoms with van der Waals surface area (Å²) in [5, 5.41) is 18.6. The van der Waals surface area contributed by atoms with E-state index < -0.39 is 6.10 Å². The Morgan fingerprint density at radius 2 is 1.95 bits per heavy atom. The molecule has 2 N–H and O–H groups in total. The lowest BCUT2D eigenvalue weighted by Gasteiger charge is -2.41. The Kier molecular flexibility index (Phi) is 6.83. The summed E-state index contributed by atoms with van der Waals surface area (Å²) in [5.41, 5.74) is 2.77. The van der Waals surface area contributed by atoms with Gasteiger partial charge in [-0.2, -0.15) is 4.52 Å². The highest BCUT2D eigenvalue weighted by Gasteiger charge is 2.32. The fraction of sp³-hybridized carbons (Fsp3) is 0.370.